The lowest BCUT2D eigenvalue weighted by molar-refractivity contribution is 1.33. The Morgan fingerprint density at radius 1 is 0.577 bits per heavy atom. The zero-order chi connectivity index (χ0) is 17.1. The summed E-state index contributed by atoms with van der Waals surface area (Å²) in [4.78, 5) is 4.34. The highest BCUT2D eigenvalue weighted by Crippen LogP contribution is 2.51. The van der Waals surface area contributed by atoms with Gasteiger partial charge in [-0.15, -0.1) is 0 Å². The molecule has 0 radical (unpaired) electrons. The average molecular weight is 329 g/mol. The van der Waals surface area contributed by atoms with Crippen molar-refractivity contribution in [2.45, 2.75) is 0 Å². The molecule has 0 fully saturated rings. The van der Waals surface area contributed by atoms with Gasteiger partial charge in [-0.3, -0.25) is 4.98 Å². The van der Waals surface area contributed by atoms with Gasteiger partial charge in [-0.2, -0.15) is 0 Å². The molecule has 0 aliphatic heterocycles. The molecule has 6 rings (SSSR count). The molecule has 4 aromatic carbocycles. The zero-order valence-electron chi connectivity index (χ0n) is 14.1. The molecule has 0 amide bonds. The molecule has 0 saturated carbocycles. The highest BCUT2D eigenvalue weighted by atomic mass is 14.6. The Hall–Kier alpha value is -3.45. The van der Waals surface area contributed by atoms with Gasteiger partial charge in [-0.25, -0.2) is 0 Å². The first kappa shape index (κ1) is 13.8. The molecule has 1 nitrogen and oxygen atoms in total. The van der Waals surface area contributed by atoms with Crippen molar-refractivity contribution in [1.82, 2.24) is 4.98 Å². The third kappa shape index (κ3) is 1.72. The van der Waals surface area contributed by atoms with Gasteiger partial charge in [0.2, 0.25) is 0 Å². The highest BCUT2D eigenvalue weighted by molar-refractivity contribution is 6.23. The molecular formula is C25H15N. The topological polar surface area (TPSA) is 12.9 Å². The standard InChI is InChI=1S/C25H15N/c1-2-10-19-18(9-1)22(17-8-5-13-26-15-17)14-23-20-11-3-6-16-7-4-12-21(24(16)20)25(19)23/h1-15H. The number of fused-ring (bicyclic) bond motifs is 5. The quantitative estimate of drug-likeness (QED) is 0.327. The third-order valence-corrected chi connectivity index (χ3v) is 5.48. The summed E-state index contributed by atoms with van der Waals surface area (Å²) in [6, 6.07) is 28.5. The summed E-state index contributed by atoms with van der Waals surface area (Å²) in [6.45, 7) is 0. The predicted molar refractivity (Wildman–Crippen MR) is 109 cm³/mol. The summed E-state index contributed by atoms with van der Waals surface area (Å²) >= 11 is 0. The fraction of sp³-hybridized carbons (Fsp3) is 0. The van der Waals surface area contributed by atoms with E-state index in [4.69, 9.17) is 0 Å². The lowest BCUT2D eigenvalue weighted by Crippen LogP contribution is -1.87. The van der Waals surface area contributed by atoms with Crippen LogP contribution in [0, 0.1) is 0 Å². The lowest BCUT2D eigenvalue weighted by Gasteiger charge is -2.13. The van der Waals surface area contributed by atoms with E-state index >= 15 is 0 Å². The van der Waals surface area contributed by atoms with E-state index in [1.54, 1.807) is 0 Å². The molecule has 1 heteroatoms. The SMILES string of the molecule is c1cncc(-c2cc3c(c4ccccc24)-c2cccc4cccc-3c24)c1. The second-order valence-corrected chi connectivity index (χ2v) is 6.84. The van der Waals surface area contributed by atoms with Crippen LogP contribution in [0.25, 0.3) is 54.9 Å². The smallest absolute Gasteiger partial charge is 0.0346 e. The van der Waals surface area contributed by atoms with Gasteiger partial charge in [-0.05, 0) is 61.5 Å². The molecule has 0 saturated heterocycles. The van der Waals surface area contributed by atoms with E-state index in [1.807, 2.05) is 18.5 Å². The number of rotatable bonds is 1. The van der Waals surface area contributed by atoms with Gasteiger partial charge >= 0.3 is 0 Å². The van der Waals surface area contributed by atoms with Gasteiger partial charge in [0.15, 0.2) is 0 Å². The number of hydrogen-bond donors (Lipinski definition) is 0. The number of hydrogen-bond acceptors (Lipinski definition) is 1. The van der Waals surface area contributed by atoms with Crippen LogP contribution in [0.2, 0.25) is 0 Å². The van der Waals surface area contributed by atoms with Gasteiger partial charge in [0.1, 0.15) is 0 Å². The Morgan fingerprint density at radius 2 is 1.38 bits per heavy atom. The van der Waals surface area contributed by atoms with Crippen molar-refractivity contribution < 1.29 is 0 Å². The number of benzene rings is 4. The summed E-state index contributed by atoms with van der Waals surface area (Å²) in [6.07, 6.45) is 3.78. The van der Waals surface area contributed by atoms with Gasteiger partial charge in [-0.1, -0.05) is 66.7 Å². The third-order valence-electron chi connectivity index (χ3n) is 5.48. The summed E-state index contributed by atoms with van der Waals surface area (Å²) in [5, 5.41) is 5.28. The fourth-order valence-electron chi connectivity index (χ4n) is 4.41. The minimum absolute atomic E-state index is 1.16. The van der Waals surface area contributed by atoms with Crippen molar-refractivity contribution in [1.29, 1.82) is 0 Å². The highest BCUT2D eigenvalue weighted by Gasteiger charge is 2.24. The van der Waals surface area contributed by atoms with Crippen LogP contribution in [0.15, 0.2) is 91.3 Å². The zero-order valence-corrected chi connectivity index (χ0v) is 14.1. The van der Waals surface area contributed by atoms with Crippen molar-refractivity contribution in [2.24, 2.45) is 0 Å². The van der Waals surface area contributed by atoms with E-state index < -0.39 is 0 Å². The van der Waals surface area contributed by atoms with Crippen molar-refractivity contribution in [3.63, 3.8) is 0 Å². The Balaban J connectivity index is 1.83. The minimum atomic E-state index is 1.16. The first-order valence-corrected chi connectivity index (χ1v) is 8.90. The first-order valence-electron chi connectivity index (χ1n) is 8.90. The van der Waals surface area contributed by atoms with Crippen LogP contribution in [0.4, 0.5) is 0 Å². The lowest BCUT2D eigenvalue weighted by atomic mass is 9.90. The molecule has 1 aliphatic rings. The van der Waals surface area contributed by atoms with Crippen molar-refractivity contribution in [3.05, 3.63) is 91.3 Å². The normalized spacial score (nSPS) is 11.8. The summed E-state index contributed by atoms with van der Waals surface area (Å²) in [5.41, 5.74) is 7.78. The van der Waals surface area contributed by atoms with E-state index in [2.05, 4.69) is 77.8 Å². The average Bonchev–Trinajstić information content (AvgIpc) is 3.04. The van der Waals surface area contributed by atoms with E-state index in [0.717, 1.165) is 5.56 Å². The van der Waals surface area contributed by atoms with Gasteiger partial charge < -0.3 is 0 Å². The molecule has 5 aromatic rings. The maximum atomic E-state index is 4.34. The Morgan fingerprint density at radius 3 is 2.19 bits per heavy atom. The number of aromatic nitrogens is 1. The number of nitrogens with zero attached hydrogens (tertiary/aromatic N) is 1. The second kappa shape index (κ2) is 5.03. The molecular weight excluding hydrogens is 314 g/mol. The number of pyridine rings is 1. The molecule has 0 atom stereocenters. The molecule has 0 bridgehead atoms. The van der Waals surface area contributed by atoms with Crippen molar-refractivity contribution in [2.75, 3.05) is 0 Å². The summed E-state index contributed by atoms with van der Waals surface area (Å²) < 4.78 is 0. The summed E-state index contributed by atoms with van der Waals surface area (Å²) in [7, 11) is 0. The van der Waals surface area contributed by atoms with Crippen LogP contribution in [-0.4, -0.2) is 4.98 Å². The van der Waals surface area contributed by atoms with Crippen LogP contribution in [0.1, 0.15) is 0 Å². The van der Waals surface area contributed by atoms with Crippen LogP contribution >= 0.6 is 0 Å². The molecule has 0 N–H and O–H groups in total. The van der Waals surface area contributed by atoms with E-state index in [0.29, 0.717) is 0 Å². The van der Waals surface area contributed by atoms with E-state index in [-0.39, 0.29) is 0 Å². The first-order chi connectivity index (χ1) is 12.9. The molecule has 1 aliphatic carbocycles. The van der Waals surface area contributed by atoms with Crippen molar-refractivity contribution >= 4 is 21.5 Å². The molecule has 0 spiro atoms. The van der Waals surface area contributed by atoms with Gasteiger partial charge in [0.05, 0.1) is 0 Å². The monoisotopic (exact) mass is 329 g/mol. The van der Waals surface area contributed by atoms with Crippen LogP contribution in [0.3, 0.4) is 0 Å². The molecule has 0 unspecified atom stereocenters. The maximum absolute atomic E-state index is 4.34. The largest absolute Gasteiger partial charge is 0.264 e. The Bertz CT molecular complexity index is 1310. The van der Waals surface area contributed by atoms with Crippen LogP contribution in [0.5, 0.6) is 0 Å². The minimum Gasteiger partial charge on any atom is -0.264 e. The Kier molecular flexibility index (Phi) is 2.67. The fourth-order valence-corrected chi connectivity index (χ4v) is 4.41. The van der Waals surface area contributed by atoms with Crippen LogP contribution < -0.4 is 0 Å². The van der Waals surface area contributed by atoms with E-state index in [1.165, 1.54) is 49.4 Å². The predicted octanol–water partition coefficient (Wildman–Crippen LogP) is 6.70. The maximum Gasteiger partial charge on any atom is 0.0346 e. The second-order valence-electron chi connectivity index (χ2n) is 6.84. The molecule has 26 heavy (non-hydrogen) atoms. The van der Waals surface area contributed by atoms with Gasteiger partial charge in [0.25, 0.3) is 0 Å². The van der Waals surface area contributed by atoms with Gasteiger partial charge in [0, 0.05) is 18.0 Å². The van der Waals surface area contributed by atoms with Crippen LogP contribution in [-0.2, 0) is 0 Å². The van der Waals surface area contributed by atoms with E-state index in [9.17, 15) is 0 Å². The van der Waals surface area contributed by atoms with Crippen molar-refractivity contribution in [3.8, 4) is 33.4 Å². The molecule has 1 heterocycles. The Labute approximate surface area is 151 Å². The summed E-state index contributed by atoms with van der Waals surface area (Å²) in [5.74, 6) is 0. The molecule has 120 valence electrons. The molecule has 1 aromatic heterocycles.